The Morgan fingerprint density at radius 2 is 1.81 bits per heavy atom. The fraction of sp³-hybridized carbons (Fsp3) is 0.500. The number of hydrogen-bond donors (Lipinski definition) is 2. The number of rotatable bonds is 3. The van der Waals surface area contributed by atoms with Crippen LogP contribution >= 0.6 is 0 Å². The molecule has 5 nitrogen and oxygen atoms in total. The highest BCUT2D eigenvalue weighted by atomic mass is 19.2. The zero-order chi connectivity index (χ0) is 19.8. The maximum absolute atomic E-state index is 13.6. The van der Waals surface area contributed by atoms with Gasteiger partial charge < -0.3 is 15.1 Å². The van der Waals surface area contributed by atoms with Gasteiger partial charge in [-0.2, -0.15) is 0 Å². The van der Waals surface area contributed by atoms with Gasteiger partial charge in [0.1, 0.15) is 0 Å². The molecule has 146 valence electrons. The van der Waals surface area contributed by atoms with E-state index in [-0.39, 0.29) is 5.41 Å². The number of likely N-dealkylation sites (tertiary alicyclic amines) is 1. The molecule has 0 aromatic heterocycles. The smallest absolute Gasteiger partial charge is 0.328 e. The van der Waals surface area contributed by atoms with Crippen LogP contribution in [-0.2, 0) is 15.0 Å². The summed E-state index contributed by atoms with van der Waals surface area (Å²) >= 11 is 0. The first kappa shape index (κ1) is 19.5. The monoisotopic (exact) mass is 379 g/mol. The van der Waals surface area contributed by atoms with E-state index >= 15 is 0 Å². The Kier molecular flexibility index (Phi) is 5.33. The Balaban J connectivity index is 0.000000226. The van der Waals surface area contributed by atoms with Crippen LogP contribution in [0.2, 0.25) is 0 Å². The van der Waals surface area contributed by atoms with Gasteiger partial charge in [-0.05, 0) is 61.8 Å². The highest BCUT2D eigenvalue weighted by Gasteiger charge is 2.61. The molecular weight excluding hydrogens is 356 g/mol. The second-order valence-electron chi connectivity index (χ2n) is 7.75. The molecule has 4 unspecified atom stereocenters. The first-order chi connectivity index (χ1) is 12.7. The zero-order valence-electron chi connectivity index (χ0n) is 15.1. The van der Waals surface area contributed by atoms with Gasteiger partial charge in [0.05, 0.1) is 0 Å². The third-order valence-corrected chi connectivity index (χ3v) is 6.30. The Labute approximate surface area is 156 Å². The second-order valence-corrected chi connectivity index (χ2v) is 7.75. The van der Waals surface area contributed by atoms with Crippen molar-refractivity contribution in [1.82, 2.24) is 4.90 Å². The van der Waals surface area contributed by atoms with Gasteiger partial charge in [-0.25, -0.2) is 18.4 Å². The maximum Gasteiger partial charge on any atom is 0.328 e. The lowest BCUT2D eigenvalue weighted by Gasteiger charge is -2.39. The predicted octanol–water partition coefficient (Wildman–Crippen LogP) is 2.91. The van der Waals surface area contributed by atoms with E-state index < -0.39 is 23.6 Å². The summed E-state index contributed by atoms with van der Waals surface area (Å²) in [6, 6.07) is 4.59. The molecule has 4 rings (SSSR count). The van der Waals surface area contributed by atoms with Crippen molar-refractivity contribution in [2.75, 3.05) is 20.1 Å². The van der Waals surface area contributed by atoms with Gasteiger partial charge in [-0.15, -0.1) is 0 Å². The van der Waals surface area contributed by atoms with Crippen LogP contribution in [0.25, 0.3) is 0 Å². The number of aliphatic carboxylic acids is 2. The van der Waals surface area contributed by atoms with Crippen LogP contribution in [0.1, 0.15) is 24.8 Å². The lowest BCUT2D eigenvalue weighted by atomic mass is 9.64. The average Bonchev–Trinajstić information content (AvgIpc) is 3.27. The zero-order valence-corrected chi connectivity index (χ0v) is 15.1. The van der Waals surface area contributed by atoms with Gasteiger partial charge in [0.15, 0.2) is 11.6 Å². The molecule has 4 atom stereocenters. The Bertz CT molecular complexity index is 765. The van der Waals surface area contributed by atoms with Crippen molar-refractivity contribution < 1.29 is 28.6 Å². The molecule has 2 N–H and O–H groups in total. The van der Waals surface area contributed by atoms with Crippen LogP contribution in [0.4, 0.5) is 8.78 Å². The van der Waals surface area contributed by atoms with E-state index in [1.165, 1.54) is 31.4 Å². The van der Waals surface area contributed by atoms with E-state index in [0.29, 0.717) is 24.0 Å². The lowest BCUT2D eigenvalue weighted by Crippen LogP contribution is -2.40. The van der Waals surface area contributed by atoms with Crippen LogP contribution in [0.5, 0.6) is 0 Å². The van der Waals surface area contributed by atoms with E-state index in [0.717, 1.165) is 24.6 Å². The van der Waals surface area contributed by atoms with Crippen LogP contribution in [0.3, 0.4) is 0 Å². The van der Waals surface area contributed by atoms with Crippen LogP contribution in [-0.4, -0.2) is 47.2 Å². The van der Waals surface area contributed by atoms with Crippen LogP contribution < -0.4 is 0 Å². The third kappa shape index (κ3) is 3.60. The Hall–Kier alpha value is -2.28. The minimum Gasteiger partial charge on any atom is -0.478 e. The maximum atomic E-state index is 13.6. The van der Waals surface area contributed by atoms with Gasteiger partial charge in [0, 0.05) is 30.7 Å². The number of carboxylic acid groups (broad SMARTS) is 2. The third-order valence-electron chi connectivity index (χ3n) is 6.30. The number of fused-ring (bicyclic) bond motifs is 5. The Morgan fingerprint density at radius 1 is 1.15 bits per heavy atom. The largest absolute Gasteiger partial charge is 0.478 e. The fourth-order valence-corrected chi connectivity index (χ4v) is 5.45. The summed E-state index contributed by atoms with van der Waals surface area (Å²) in [5.74, 6) is -1.84. The number of likely N-dealkylation sites (N-methyl/N-ethyl adjacent to an activating group) is 1. The molecule has 0 spiro atoms. The molecule has 7 heteroatoms. The number of carboxylic acids is 2. The number of hydrogen-bond acceptors (Lipinski definition) is 3. The van der Waals surface area contributed by atoms with Gasteiger partial charge >= 0.3 is 11.9 Å². The normalized spacial score (nSPS) is 31.6. The van der Waals surface area contributed by atoms with E-state index in [4.69, 9.17) is 10.2 Å². The summed E-state index contributed by atoms with van der Waals surface area (Å²) in [5, 5.41) is 15.6. The Morgan fingerprint density at radius 3 is 2.41 bits per heavy atom. The second kappa shape index (κ2) is 7.38. The van der Waals surface area contributed by atoms with Crippen molar-refractivity contribution >= 4 is 11.9 Å². The molecule has 3 fully saturated rings. The van der Waals surface area contributed by atoms with Crippen LogP contribution in [0.15, 0.2) is 30.4 Å². The molecule has 1 aliphatic heterocycles. The van der Waals surface area contributed by atoms with Crippen molar-refractivity contribution in [3.63, 3.8) is 0 Å². The SMILES string of the molecule is CN1CC2C3CCC(C3)C2(c2ccc(F)c(F)c2)C1.O=C(O)/C=C/C(=O)O. The van der Waals surface area contributed by atoms with Crippen molar-refractivity contribution in [2.24, 2.45) is 17.8 Å². The van der Waals surface area contributed by atoms with E-state index in [1.54, 1.807) is 0 Å². The average molecular weight is 379 g/mol. The lowest BCUT2D eigenvalue weighted by molar-refractivity contribution is -0.134. The van der Waals surface area contributed by atoms with E-state index in [2.05, 4.69) is 11.9 Å². The summed E-state index contributed by atoms with van der Waals surface area (Å²) < 4.78 is 26.8. The minimum absolute atomic E-state index is 0.0895. The summed E-state index contributed by atoms with van der Waals surface area (Å²) in [6.45, 7) is 2.12. The number of benzene rings is 1. The summed E-state index contributed by atoms with van der Waals surface area (Å²) in [7, 11) is 2.15. The van der Waals surface area contributed by atoms with Gasteiger partial charge in [0.2, 0.25) is 0 Å². The van der Waals surface area contributed by atoms with E-state index in [1.807, 2.05) is 6.07 Å². The number of halogens is 2. The molecule has 1 aromatic carbocycles. The quantitative estimate of drug-likeness (QED) is 0.790. The molecule has 1 heterocycles. The summed E-state index contributed by atoms with van der Waals surface area (Å²) in [6.07, 6.45) is 4.99. The summed E-state index contributed by atoms with van der Waals surface area (Å²) in [4.78, 5) is 21.5. The molecule has 0 radical (unpaired) electrons. The standard InChI is InChI=1S/C16H19F2N.C4H4O4/c1-19-8-13-10-2-3-11(6-10)16(13,9-19)12-4-5-14(17)15(18)7-12;5-3(6)1-2-4(7)8/h4-5,7,10-11,13H,2-3,6,8-9H2,1H3;1-2H,(H,5,6)(H,7,8)/b;2-1+. The highest BCUT2D eigenvalue weighted by Crippen LogP contribution is 2.63. The molecule has 27 heavy (non-hydrogen) atoms. The fourth-order valence-electron chi connectivity index (χ4n) is 5.45. The van der Waals surface area contributed by atoms with E-state index in [9.17, 15) is 18.4 Å². The number of nitrogens with zero attached hydrogens (tertiary/aromatic N) is 1. The van der Waals surface area contributed by atoms with Gasteiger partial charge in [-0.1, -0.05) is 6.07 Å². The minimum atomic E-state index is -1.26. The first-order valence-corrected chi connectivity index (χ1v) is 9.02. The molecule has 2 saturated carbocycles. The molecular formula is C20H23F2NO4. The van der Waals surface area contributed by atoms with Crippen molar-refractivity contribution in [1.29, 1.82) is 0 Å². The van der Waals surface area contributed by atoms with Gasteiger partial charge in [-0.3, -0.25) is 0 Å². The van der Waals surface area contributed by atoms with Crippen molar-refractivity contribution in [3.05, 3.63) is 47.5 Å². The van der Waals surface area contributed by atoms with Crippen LogP contribution in [0, 0.1) is 29.4 Å². The number of carbonyl (C=O) groups is 2. The molecule has 2 aliphatic carbocycles. The van der Waals surface area contributed by atoms with Crippen molar-refractivity contribution in [2.45, 2.75) is 24.7 Å². The molecule has 1 aromatic rings. The molecule has 2 bridgehead atoms. The first-order valence-electron chi connectivity index (χ1n) is 9.02. The molecule has 3 aliphatic rings. The topological polar surface area (TPSA) is 77.8 Å². The predicted molar refractivity (Wildman–Crippen MR) is 94.3 cm³/mol. The van der Waals surface area contributed by atoms with Crippen molar-refractivity contribution in [3.8, 4) is 0 Å². The highest BCUT2D eigenvalue weighted by molar-refractivity contribution is 5.89. The molecule has 0 amide bonds. The molecule has 1 saturated heterocycles. The van der Waals surface area contributed by atoms with Gasteiger partial charge in [0.25, 0.3) is 0 Å². The summed E-state index contributed by atoms with van der Waals surface area (Å²) in [5.41, 5.74) is 1.12.